The third-order valence-corrected chi connectivity index (χ3v) is 13.5. The third-order valence-electron chi connectivity index (χ3n) is 10.4. The van der Waals surface area contributed by atoms with E-state index in [0.29, 0.717) is 37.3 Å². The van der Waals surface area contributed by atoms with Crippen LogP contribution in [0.3, 0.4) is 0 Å². The molecule has 0 radical (unpaired) electrons. The van der Waals surface area contributed by atoms with Gasteiger partial charge in [0.15, 0.2) is 5.71 Å². The van der Waals surface area contributed by atoms with Crippen LogP contribution in [-0.2, 0) is 44.4 Å². The number of benzene rings is 2. The zero-order chi connectivity index (χ0) is 41.9. The van der Waals surface area contributed by atoms with Gasteiger partial charge in [0, 0.05) is 108 Å². The zero-order valence-corrected chi connectivity index (χ0v) is 36.7. The van der Waals surface area contributed by atoms with Crippen molar-refractivity contribution in [1.82, 2.24) is 4.31 Å². The minimum Gasteiger partial charge on any atom is -0.344 e. The van der Waals surface area contributed by atoms with Gasteiger partial charge in [-0.15, -0.1) is 8.67 Å². The molecule has 2 aromatic rings. The van der Waals surface area contributed by atoms with Gasteiger partial charge in [0.1, 0.15) is 12.3 Å². The van der Waals surface area contributed by atoms with Crippen LogP contribution in [0.5, 0.6) is 0 Å². The fourth-order valence-electron chi connectivity index (χ4n) is 7.24. The van der Waals surface area contributed by atoms with Crippen LogP contribution in [-0.4, -0.2) is 77.5 Å². The number of Topliss-reactive ketones (excluding diaryl/α,β-unsaturated/α-hetero) is 1. The smallest absolute Gasteiger partial charge is 0.242 e. The first kappa shape index (κ1) is 46.6. The molecule has 0 spiro atoms. The summed E-state index contributed by atoms with van der Waals surface area (Å²) in [5.41, 5.74) is 5.29. The number of anilines is 1. The van der Waals surface area contributed by atoms with E-state index in [9.17, 15) is 13.2 Å². The Morgan fingerprint density at radius 1 is 0.877 bits per heavy atom. The van der Waals surface area contributed by atoms with Crippen molar-refractivity contribution in [3.05, 3.63) is 102 Å². The van der Waals surface area contributed by atoms with E-state index in [0.717, 1.165) is 54.0 Å². The lowest BCUT2D eigenvalue weighted by atomic mass is 9.81. The minimum atomic E-state index is -3.80. The van der Waals surface area contributed by atoms with Crippen LogP contribution in [0.4, 0.5) is 11.4 Å². The summed E-state index contributed by atoms with van der Waals surface area (Å²) in [6, 6.07) is 13.7. The Balaban J connectivity index is 1.54. The van der Waals surface area contributed by atoms with Crippen molar-refractivity contribution in [3.63, 3.8) is 0 Å². The summed E-state index contributed by atoms with van der Waals surface area (Å²) < 4.78 is 40.3. The van der Waals surface area contributed by atoms with Gasteiger partial charge >= 0.3 is 0 Å². The van der Waals surface area contributed by atoms with Gasteiger partial charge in [-0.2, -0.15) is 4.58 Å². The van der Waals surface area contributed by atoms with Crippen molar-refractivity contribution in [3.8, 4) is 0 Å². The Bertz CT molecular complexity index is 1970. The molecule has 12 nitrogen and oxygen atoms in total. The average Bonchev–Trinajstić information content (AvgIpc) is 3.51. The Morgan fingerprint density at radius 3 is 2.21 bits per heavy atom. The second kappa shape index (κ2) is 20.7. The highest BCUT2D eigenvalue weighted by Gasteiger charge is 2.44. The molecule has 15 heteroatoms. The quantitative estimate of drug-likeness (QED) is 0.0292. The minimum absolute atomic E-state index is 0.109. The molecule has 2 heterocycles. The molecule has 0 fully saturated rings. The maximum Gasteiger partial charge on any atom is 0.242 e. The van der Waals surface area contributed by atoms with Gasteiger partial charge in [0.25, 0.3) is 0 Å². The van der Waals surface area contributed by atoms with E-state index >= 15 is 0 Å². The lowest BCUT2D eigenvalue weighted by Crippen LogP contribution is -2.29. The summed E-state index contributed by atoms with van der Waals surface area (Å²) in [6.45, 7) is 15.9. The number of ketones is 1. The molecule has 0 aromatic heterocycles. The Morgan fingerprint density at radius 2 is 1.53 bits per heavy atom. The van der Waals surface area contributed by atoms with Crippen LogP contribution < -0.4 is 4.90 Å². The standard InChI is InChI=1S/C42H57N3O9S3/c1-40(2,3)39(46)23-16-26-43(8)57(49,50)32-24-25-36-34(31-32)42(6,7)38(45(36)28-18-30-56-54-52-48)22-13-11-9-10-12-21-37-41(4,5)33-19-14-15-20-35(33)44(37)27-17-29-55-53-51-47/h9-15,19-22,24-25,31H,16-18,23,26-30H2,1-8H3,(H-,47,48)/p+1. The van der Waals surface area contributed by atoms with E-state index in [1.807, 2.05) is 57.2 Å². The van der Waals surface area contributed by atoms with Crippen molar-refractivity contribution in [1.29, 1.82) is 0 Å². The van der Waals surface area contributed by atoms with Crippen LogP contribution in [0.2, 0.25) is 0 Å². The fraction of sp³-hybridized carbons (Fsp3) is 0.476. The van der Waals surface area contributed by atoms with E-state index in [1.165, 1.54) is 21.3 Å². The predicted octanol–water partition coefficient (Wildman–Crippen LogP) is 9.35. The number of rotatable bonds is 22. The van der Waals surface area contributed by atoms with Gasteiger partial charge in [-0.05, 0) is 56.5 Å². The van der Waals surface area contributed by atoms with Gasteiger partial charge < -0.3 is 4.90 Å². The summed E-state index contributed by atoms with van der Waals surface area (Å²) in [5.74, 6) is 1.32. The number of hydrogen-bond acceptors (Lipinski definition) is 12. The second-order valence-corrected chi connectivity index (χ2v) is 19.7. The number of sulfonamides is 1. The van der Waals surface area contributed by atoms with E-state index < -0.39 is 20.9 Å². The molecule has 4 rings (SSSR count). The molecule has 2 aliphatic rings. The summed E-state index contributed by atoms with van der Waals surface area (Å²) in [7, 11) is -2.24. The van der Waals surface area contributed by atoms with Crippen molar-refractivity contribution < 1.29 is 47.0 Å². The highest BCUT2D eigenvalue weighted by molar-refractivity contribution is 7.94. The van der Waals surface area contributed by atoms with Gasteiger partial charge in [0.2, 0.25) is 15.7 Å². The number of nitrogens with zero attached hydrogens (tertiary/aromatic N) is 3. The molecular weight excluding hydrogens is 787 g/mol. The molecule has 2 N–H and O–H groups in total. The van der Waals surface area contributed by atoms with Crippen LogP contribution in [0, 0.1) is 5.41 Å². The average molecular weight is 845 g/mol. The van der Waals surface area contributed by atoms with Crippen molar-refractivity contribution in [2.45, 2.75) is 89.9 Å². The van der Waals surface area contributed by atoms with Gasteiger partial charge in [0.05, 0.1) is 10.3 Å². The molecule has 2 aliphatic heterocycles. The van der Waals surface area contributed by atoms with Crippen molar-refractivity contribution in [2.75, 3.05) is 43.1 Å². The fourth-order valence-corrected chi connectivity index (χ4v) is 9.19. The molecule has 0 saturated heterocycles. The lowest BCUT2D eigenvalue weighted by Gasteiger charge is -2.27. The lowest BCUT2D eigenvalue weighted by molar-refractivity contribution is -0.438. The molecule has 0 atom stereocenters. The largest absolute Gasteiger partial charge is 0.344 e. The second-order valence-electron chi connectivity index (χ2n) is 16.1. The summed E-state index contributed by atoms with van der Waals surface area (Å²) in [5, 5.41) is 24.4. The highest BCUT2D eigenvalue weighted by atomic mass is 32.2. The van der Waals surface area contributed by atoms with E-state index in [-0.39, 0.29) is 22.6 Å². The molecule has 0 amide bonds. The Labute approximate surface area is 347 Å². The predicted molar refractivity (Wildman–Crippen MR) is 229 cm³/mol. The maximum atomic E-state index is 13.7. The zero-order valence-electron chi connectivity index (χ0n) is 34.3. The van der Waals surface area contributed by atoms with E-state index in [2.05, 4.69) is 92.3 Å². The number of hydrogen-bond donors (Lipinski definition) is 2. The molecule has 0 bridgehead atoms. The monoisotopic (exact) mass is 844 g/mol. The van der Waals surface area contributed by atoms with Crippen LogP contribution >= 0.6 is 24.1 Å². The van der Waals surface area contributed by atoms with Gasteiger partial charge in [-0.3, -0.25) is 4.79 Å². The molecule has 2 aromatic carbocycles. The molecule has 0 unspecified atom stereocenters. The normalized spacial score (nSPS) is 17.3. The molecule has 0 aliphatic carbocycles. The molecule has 0 saturated carbocycles. The number of fused-ring (bicyclic) bond motifs is 2. The number of carbonyl (C=O) groups excluding carboxylic acids is 1. The summed E-state index contributed by atoms with van der Waals surface area (Å²) in [6.07, 6.45) is 16.5. The topological polar surface area (TPSA) is 138 Å². The van der Waals surface area contributed by atoms with Gasteiger partial charge in [-0.25, -0.2) is 23.2 Å². The van der Waals surface area contributed by atoms with Crippen LogP contribution in [0.25, 0.3) is 0 Å². The number of para-hydroxylation sites is 1. The number of allylic oxidation sites excluding steroid dienone is 8. The Hall–Kier alpha value is -3.09. The first-order valence-electron chi connectivity index (χ1n) is 19.1. The summed E-state index contributed by atoms with van der Waals surface area (Å²) >= 11 is 2.06. The maximum absolute atomic E-state index is 13.7. The molecular formula is C42H58N3O9S3+. The summed E-state index contributed by atoms with van der Waals surface area (Å²) in [4.78, 5) is 14.8. The van der Waals surface area contributed by atoms with Gasteiger partial charge in [-0.1, -0.05) is 93.3 Å². The molecule has 312 valence electrons. The Kier molecular flexibility index (Phi) is 17.0. The van der Waals surface area contributed by atoms with Crippen LogP contribution in [0.15, 0.2) is 95.6 Å². The van der Waals surface area contributed by atoms with Crippen LogP contribution in [0.1, 0.15) is 85.3 Å². The van der Waals surface area contributed by atoms with Crippen molar-refractivity contribution >= 4 is 57.0 Å². The SMILES string of the molecule is CN(CCCC(=O)C(C)(C)C)S(=O)(=O)c1ccc2c(c1)C(C)(C)\C(=C/C=C/C=C/C=C/C1=[N+](CCCSOOO)c3ccccc3C1(C)C)N2CCCSOOO. The van der Waals surface area contributed by atoms with E-state index in [4.69, 9.17) is 10.5 Å². The van der Waals surface area contributed by atoms with E-state index in [1.54, 1.807) is 19.2 Å². The highest BCUT2D eigenvalue weighted by Crippen LogP contribution is 2.49. The molecule has 57 heavy (non-hydrogen) atoms. The first-order valence-corrected chi connectivity index (χ1v) is 22.3. The first-order chi connectivity index (χ1) is 27.0. The third kappa shape index (κ3) is 11.6. The number of carbonyl (C=O) groups is 1. The van der Waals surface area contributed by atoms with Crippen molar-refractivity contribution in [2.24, 2.45) is 5.41 Å².